The molecule has 1 heterocycles. The number of benzene rings is 1. The van der Waals surface area contributed by atoms with E-state index in [1.54, 1.807) is 11.3 Å². The van der Waals surface area contributed by atoms with Gasteiger partial charge in [-0.15, -0.1) is 11.3 Å². The Hall–Kier alpha value is 0.0500. The Kier molecular flexibility index (Phi) is 5.62. The zero-order valence-corrected chi connectivity index (χ0v) is 14.3. The van der Waals surface area contributed by atoms with Gasteiger partial charge in [0.2, 0.25) is 0 Å². The molecule has 0 saturated heterocycles. The van der Waals surface area contributed by atoms with Crippen LogP contribution in [0.4, 0.5) is 0 Å². The first kappa shape index (κ1) is 14.5. The summed E-state index contributed by atoms with van der Waals surface area (Å²) in [5, 5.41) is 2.11. The Labute approximate surface area is 133 Å². The van der Waals surface area contributed by atoms with Crippen LogP contribution in [0.1, 0.15) is 22.9 Å². The number of thiophene rings is 1. The van der Waals surface area contributed by atoms with Crippen molar-refractivity contribution in [2.75, 3.05) is 0 Å². The third-order valence-electron chi connectivity index (χ3n) is 2.79. The Bertz CT molecular complexity index is 502. The molecule has 0 spiro atoms. The van der Waals surface area contributed by atoms with Gasteiger partial charge in [-0.2, -0.15) is 0 Å². The van der Waals surface area contributed by atoms with Gasteiger partial charge in [-0.05, 0) is 70.6 Å². The number of aryl methyl sites for hydroxylation is 1. The van der Waals surface area contributed by atoms with E-state index in [4.69, 9.17) is 5.84 Å². The fourth-order valence-electron chi connectivity index (χ4n) is 1.85. The van der Waals surface area contributed by atoms with Gasteiger partial charge in [0, 0.05) is 19.0 Å². The van der Waals surface area contributed by atoms with Gasteiger partial charge in [0.25, 0.3) is 0 Å². The Morgan fingerprint density at radius 2 is 2.22 bits per heavy atom. The lowest BCUT2D eigenvalue weighted by atomic mass is 10.0. The summed E-state index contributed by atoms with van der Waals surface area (Å²) in [6, 6.07) is 10.8. The number of hydrogen-bond donors (Lipinski definition) is 2. The summed E-state index contributed by atoms with van der Waals surface area (Å²) in [7, 11) is 0. The van der Waals surface area contributed by atoms with E-state index in [1.807, 2.05) is 0 Å². The third kappa shape index (κ3) is 3.77. The highest BCUT2D eigenvalue weighted by molar-refractivity contribution is 14.1. The molecule has 1 atom stereocenters. The Morgan fingerprint density at radius 1 is 1.39 bits per heavy atom. The number of nitrogens with one attached hydrogen (secondary N) is 1. The van der Waals surface area contributed by atoms with Gasteiger partial charge in [-0.25, -0.2) is 0 Å². The standard InChI is InChI=1S/C13H14BrIN2S/c14-12-5-3-9(15)8-11(12)13(17-16)6-4-10-2-1-7-18-10/h1-3,5,7-8,13,17H,4,6,16H2. The lowest BCUT2D eigenvalue weighted by Crippen LogP contribution is -2.28. The van der Waals surface area contributed by atoms with E-state index in [1.165, 1.54) is 14.0 Å². The lowest BCUT2D eigenvalue weighted by Gasteiger charge is -2.18. The van der Waals surface area contributed by atoms with E-state index >= 15 is 0 Å². The predicted molar refractivity (Wildman–Crippen MR) is 89.6 cm³/mol. The molecule has 0 aliphatic rings. The lowest BCUT2D eigenvalue weighted by molar-refractivity contribution is 0.516. The SMILES string of the molecule is NNC(CCc1cccs1)c1cc(I)ccc1Br. The molecule has 3 N–H and O–H groups in total. The molecule has 1 aromatic carbocycles. The normalized spacial score (nSPS) is 12.6. The number of hydrazine groups is 1. The molecule has 0 fully saturated rings. The van der Waals surface area contributed by atoms with Crippen LogP contribution in [-0.2, 0) is 6.42 Å². The average molecular weight is 437 g/mol. The van der Waals surface area contributed by atoms with Crippen LogP contribution in [0.2, 0.25) is 0 Å². The van der Waals surface area contributed by atoms with Crippen molar-refractivity contribution in [3.05, 3.63) is 54.2 Å². The van der Waals surface area contributed by atoms with Crippen LogP contribution in [0.5, 0.6) is 0 Å². The van der Waals surface area contributed by atoms with Crippen molar-refractivity contribution in [2.24, 2.45) is 5.84 Å². The van der Waals surface area contributed by atoms with Crippen molar-refractivity contribution in [3.63, 3.8) is 0 Å². The van der Waals surface area contributed by atoms with Crippen LogP contribution in [0.25, 0.3) is 0 Å². The van der Waals surface area contributed by atoms with Crippen molar-refractivity contribution in [3.8, 4) is 0 Å². The molecular formula is C13H14BrIN2S. The fraction of sp³-hybridized carbons (Fsp3) is 0.231. The highest BCUT2D eigenvalue weighted by Gasteiger charge is 2.13. The Balaban J connectivity index is 2.10. The van der Waals surface area contributed by atoms with Gasteiger partial charge < -0.3 is 0 Å². The minimum atomic E-state index is 0.177. The van der Waals surface area contributed by atoms with E-state index in [9.17, 15) is 0 Å². The number of nitrogens with two attached hydrogens (primary N) is 1. The number of halogens is 2. The first-order valence-electron chi connectivity index (χ1n) is 5.64. The van der Waals surface area contributed by atoms with Crippen LogP contribution >= 0.6 is 49.9 Å². The van der Waals surface area contributed by atoms with Gasteiger partial charge in [0.05, 0.1) is 0 Å². The van der Waals surface area contributed by atoms with Crippen molar-refractivity contribution in [1.29, 1.82) is 0 Å². The molecule has 1 unspecified atom stereocenters. The second kappa shape index (κ2) is 7.00. The van der Waals surface area contributed by atoms with Crippen molar-refractivity contribution >= 4 is 49.9 Å². The Morgan fingerprint density at radius 3 is 2.89 bits per heavy atom. The summed E-state index contributed by atoms with van der Waals surface area (Å²) in [4.78, 5) is 1.40. The van der Waals surface area contributed by atoms with E-state index in [0.29, 0.717) is 0 Å². The van der Waals surface area contributed by atoms with Gasteiger partial charge >= 0.3 is 0 Å². The molecule has 0 amide bonds. The number of rotatable bonds is 5. The maximum atomic E-state index is 5.69. The minimum absolute atomic E-state index is 0.177. The average Bonchev–Trinajstić information content (AvgIpc) is 2.87. The molecule has 5 heteroatoms. The van der Waals surface area contributed by atoms with Gasteiger partial charge in [-0.3, -0.25) is 11.3 Å². The molecule has 2 nitrogen and oxygen atoms in total. The topological polar surface area (TPSA) is 38.0 Å². The molecule has 0 aliphatic heterocycles. The molecule has 2 rings (SSSR count). The van der Waals surface area contributed by atoms with Crippen LogP contribution in [-0.4, -0.2) is 0 Å². The summed E-state index contributed by atoms with van der Waals surface area (Å²) < 4.78 is 2.33. The zero-order chi connectivity index (χ0) is 13.0. The van der Waals surface area contributed by atoms with Gasteiger partial charge in [-0.1, -0.05) is 22.0 Å². The van der Waals surface area contributed by atoms with Gasteiger partial charge in [0.1, 0.15) is 0 Å². The largest absolute Gasteiger partial charge is 0.271 e. The molecule has 0 aliphatic carbocycles. The van der Waals surface area contributed by atoms with Crippen LogP contribution in [0, 0.1) is 3.57 Å². The van der Waals surface area contributed by atoms with E-state index < -0.39 is 0 Å². The molecule has 2 aromatic rings. The predicted octanol–water partition coefficient (Wildman–Crippen LogP) is 4.25. The highest BCUT2D eigenvalue weighted by Crippen LogP contribution is 2.28. The van der Waals surface area contributed by atoms with E-state index in [0.717, 1.165) is 17.3 Å². The minimum Gasteiger partial charge on any atom is -0.271 e. The quantitative estimate of drug-likeness (QED) is 0.417. The molecule has 18 heavy (non-hydrogen) atoms. The summed E-state index contributed by atoms with van der Waals surface area (Å²) in [6.45, 7) is 0. The van der Waals surface area contributed by atoms with Gasteiger partial charge in [0.15, 0.2) is 0 Å². The highest BCUT2D eigenvalue weighted by atomic mass is 127. The summed E-state index contributed by atoms with van der Waals surface area (Å²) in [5.41, 5.74) is 4.14. The molecule has 0 radical (unpaired) electrons. The smallest absolute Gasteiger partial charge is 0.0475 e. The monoisotopic (exact) mass is 436 g/mol. The van der Waals surface area contributed by atoms with Crippen LogP contribution in [0.3, 0.4) is 0 Å². The maximum absolute atomic E-state index is 5.69. The first-order chi connectivity index (χ1) is 8.70. The number of hydrogen-bond acceptors (Lipinski definition) is 3. The third-order valence-corrected chi connectivity index (χ3v) is 5.12. The maximum Gasteiger partial charge on any atom is 0.0475 e. The van der Waals surface area contributed by atoms with Crippen molar-refractivity contribution in [1.82, 2.24) is 5.43 Å². The molecule has 0 bridgehead atoms. The van der Waals surface area contributed by atoms with E-state index in [2.05, 4.69) is 79.7 Å². The van der Waals surface area contributed by atoms with Crippen LogP contribution in [0.15, 0.2) is 40.2 Å². The fourth-order valence-corrected chi connectivity index (χ4v) is 3.61. The second-order valence-electron chi connectivity index (χ2n) is 4.00. The van der Waals surface area contributed by atoms with Crippen molar-refractivity contribution in [2.45, 2.75) is 18.9 Å². The first-order valence-corrected chi connectivity index (χ1v) is 8.39. The van der Waals surface area contributed by atoms with E-state index in [-0.39, 0.29) is 6.04 Å². The summed E-state index contributed by atoms with van der Waals surface area (Å²) in [6.07, 6.45) is 2.04. The summed E-state index contributed by atoms with van der Waals surface area (Å²) >= 11 is 7.71. The summed E-state index contributed by atoms with van der Waals surface area (Å²) in [5.74, 6) is 5.69. The molecule has 0 saturated carbocycles. The van der Waals surface area contributed by atoms with Crippen LogP contribution < -0.4 is 11.3 Å². The molecule has 1 aromatic heterocycles. The zero-order valence-electron chi connectivity index (χ0n) is 9.70. The molecular weight excluding hydrogens is 423 g/mol. The van der Waals surface area contributed by atoms with Crippen molar-refractivity contribution < 1.29 is 0 Å². The molecule has 96 valence electrons. The second-order valence-corrected chi connectivity index (χ2v) is 7.14.